The predicted octanol–water partition coefficient (Wildman–Crippen LogP) is 11.2. The molecular formula is C43H47N. The molecule has 1 nitrogen and oxygen atoms in total. The largest absolute Gasteiger partial charge is 0.261 e. The van der Waals surface area contributed by atoms with Crippen molar-refractivity contribution in [1.82, 2.24) is 0 Å². The molecule has 0 radical (unpaired) electrons. The highest BCUT2D eigenvalue weighted by Crippen LogP contribution is 2.53. The van der Waals surface area contributed by atoms with Crippen LogP contribution in [-0.2, 0) is 6.42 Å². The molecule has 5 unspecified atom stereocenters. The van der Waals surface area contributed by atoms with Crippen LogP contribution in [0.1, 0.15) is 94.6 Å². The normalized spacial score (nSPS) is 30.8. The zero-order valence-corrected chi connectivity index (χ0v) is 26.5. The molecule has 0 saturated heterocycles. The highest BCUT2D eigenvalue weighted by atomic mass is 14.8. The number of hydrogen-bond donors (Lipinski definition) is 0. The number of aliphatic imine (C=N–C) groups is 1. The van der Waals surface area contributed by atoms with Crippen molar-refractivity contribution >= 4 is 5.71 Å². The number of allylic oxidation sites excluding steroid dienone is 18. The van der Waals surface area contributed by atoms with E-state index in [9.17, 15) is 0 Å². The summed E-state index contributed by atoms with van der Waals surface area (Å²) < 4.78 is 0. The Morgan fingerprint density at radius 3 is 2.52 bits per heavy atom. The number of benzene rings is 1. The van der Waals surface area contributed by atoms with Crippen LogP contribution < -0.4 is 0 Å². The molecule has 0 fully saturated rings. The molecule has 7 aliphatic rings. The maximum atomic E-state index is 5.07. The summed E-state index contributed by atoms with van der Waals surface area (Å²) in [7, 11) is 0. The van der Waals surface area contributed by atoms with Gasteiger partial charge in [0.15, 0.2) is 0 Å². The lowest BCUT2D eigenvalue weighted by molar-refractivity contribution is 0.420. The Hall–Kier alpha value is -3.45. The average Bonchev–Trinajstić information content (AvgIpc) is 3.45. The average molecular weight is 578 g/mol. The molecular weight excluding hydrogens is 530 g/mol. The highest BCUT2D eigenvalue weighted by molar-refractivity contribution is 5.93. The first-order valence-electron chi connectivity index (χ1n) is 17.7. The van der Waals surface area contributed by atoms with Crippen LogP contribution in [0.15, 0.2) is 135 Å². The maximum Gasteiger partial charge on any atom is 0.0444 e. The van der Waals surface area contributed by atoms with E-state index in [-0.39, 0.29) is 0 Å². The molecule has 0 saturated carbocycles. The molecule has 1 aromatic carbocycles. The van der Waals surface area contributed by atoms with Crippen molar-refractivity contribution in [3.63, 3.8) is 0 Å². The second-order valence-electron chi connectivity index (χ2n) is 14.0. The molecule has 5 atom stereocenters. The van der Waals surface area contributed by atoms with E-state index in [1.54, 1.807) is 22.3 Å². The van der Waals surface area contributed by atoms with Crippen LogP contribution in [0.25, 0.3) is 0 Å². The molecule has 0 bridgehead atoms. The lowest BCUT2D eigenvalue weighted by Crippen LogP contribution is -2.26. The standard InChI is InChI=1S/C43H47N/c1-2-40-39(34-14-10-11-19-41(34)44-40)28-29-20-22-32(23-21-29)42-35-15-6-8-17-37(35)43(38-18-9-7-16-36(38)42)33-26-24-31(25-27-33)30-12-4-3-5-13-30/h4,6,8,10,12,14-15,17,20-24,26-27,30-31,35,39,42H,2-3,5,7,9,11,13,16,18-19,25,28H2,1H3. The topological polar surface area (TPSA) is 12.4 Å². The van der Waals surface area contributed by atoms with Crippen LogP contribution in [-0.4, -0.2) is 5.71 Å². The first kappa shape index (κ1) is 28.1. The van der Waals surface area contributed by atoms with Gasteiger partial charge in [-0.1, -0.05) is 104 Å². The quantitative estimate of drug-likeness (QED) is 0.298. The van der Waals surface area contributed by atoms with Crippen LogP contribution in [0.2, 0.25) is 0 Å². The van der Waals surface area contributed by atoms with E-state index in [1.807, 2.05) is 0 Å². The van der Waals surface area contributed by atoms with Crippen molar-refractivity contribution in [2.45, 2.75) is 89.9 Å². The summed E-state index contributed by atoms with van der Waals surface area (Å²) >= 11 is 0. The van der Waals surface area contributed by atoms with Crippen LogP contribution in [0.4, 0.5) is 0 Å². The third kappa shape index (κ3) is 5.07. The second kappa shape index (κ2) is 12.2. The zero-order chi connectivity index (χ0) is 29.5. The first-order chi connectivity index (χ1) is 21.8. The Balaban J connectivity index is 1.09. The van der Waals surface area contributed by atoms with E-state index >= 15 is 0 Å². The molecule has 1 aliphatic heterocycles. The Kier molecular flexibility index (Phi) is 7.75. The summed E-state index contributed by atoms with van der Waals surface area (Å²) in [6.45, 7) is 2.27. The lowest BCUT2D eigenvalue weighted by atomic mass is 9.63. The van der Waals surface area contributed by atoms with Gasteiger partial charge in [-0.05, 0) is 128 Å². The van der Waals surface area contributed by atoms with Crippen LogP contribution >= 0.6 is 0 Å². The van der Waals surface area contributed by atoms with Crippen molar-refractivity contribution < 1.29 is 0 Å². The minimum absolute atomic E-state index is 0.416. The van der Waals surface area contributed by atoms with Gasteiger partial charge in [0.1, 0.15) is 0 Å². The van der Waals surface area contributed by atoms with Gasteiger partial charge in [0.2, 0.25) is 0 Å². The fourth-order valence-electron chi connectivity index (χ4n) is 9.32. The number of hydrogen-bond acceptors (Lipinski definition) is 1. The summed E-state index contributed by atoms with van der Waals surface area (Å²) in [5.41, 5.74) is 15.1. The molecule has 8 rings (SSSR count). The van der Waals surface area contributed by atoms with Crippen molar-refractivity contribution in [2.24, 2.45) is 28.7 Å². The molecule has 6 aliphatic carbocycles. The molecule has 0 aromatic heterocycles. The predicted molar refractivity (Wildman–Crippen MR) is 186 cm³/mol. The molecule has 1 heteroatoms. The van der Waals surface area contributed by atoms with Crippen molar-refractivity contribution in [3.8, 4) is 0 Å². The maximum absolute atomic E-state index is 5.07. The third-order valence-corrected chi connectivity index (χ3v) is 11.5. The molecule has 0 spiro atoms. The summed E-state index contributed by atoms with van der Waals surface area (Å²) in [6.07, 6.45) is 41.3. The van der Waals surface area contributed by atoms with E-state index < -0.39 is 0 Å². The smallest absolute Gasteiger partial charge is 0.0444 e. The summed E-state index contributed by atoms with van der Waals surface area (Å²) in [5, 5.41) is 0. The van der Waals surface area contributed by atoms with E-state index in [1.165, 1.54) is 85.0 Å². The molecule has 224 valence electrons. The van der Waals surface area contributed by atoms with Crippen molar-refractivity contribution in [1.29, 1.82) is 0 Å². The minimum Gasteiger partial charge on any atom is -0.261 e. The van der Waals surface area contributed by atoms with Crippen molar-refractivity contribution in [2.75, 3.05) is 0 Å². The van der Waals surface area contributed by atoms with Gasteiger partial charge >= 0.3 is 0 Å². The number of nitrogens with zero attached hydrogens (tertiary/aromatic N) is 1. The van der Waals surface area contributed by atoms with Gasteiger partial charge in [0.25, 0.3) is 0 Å². The molecule has 0 N–H and O–H groups in total. The first-order valence-corrected chi connectivity index (χ1v) is 17.7. The van der Waals surface area contributed by atoms with Gasteiger partial charge in [-0.3, -0.25) is 4.99 Å². The van der Waals surface area contributed by atoms with E-state index in [2.05, 4.69) is 98.0 Å². The number of rotatable bonds is 6. The fraction of sp³-hybridized carbons (Fsp3) is 0.419. The van der Waals surface area contributed by atoms with Crippen LogP contribution in [0, 0.1) is 23.7 Å². The van der Waals surface area contributed by atoms with Gasteiger partial charge in [-0.2, -0.15) is 0 Å². The van der Waals surface area contributed by atoms with Crippen molar-refractivity contribution in [3.05, 3.63) is 141 Å². The third-order valence-electron chi connectivity index (χ3n) is 11.5. The summed E-state index contributed by atoms with van der Waals surface area (Å²) in [6, 6.07) is 9.81. The lowest BCUT2D eigenvalue weighted by Gasteiger charge is -2.41. The SMILES string of the molecule is CCC1=NC2=C(C=CCC2)C1Cc1ccc(C2C3=C(CCCC3)C(C3=CCC(C4C=CCCC4)C=C3)=C3C=CC=CC32)cc1. The molecule has 44 heavy (non-hydrogen) atoms. The van der Waals surface area contributed by atoms with Crippen LogP contribution in [0.5, 0.6) is 0 Å². The van der Waals surface area contributed by atoms with Gasteiger partial charge < -0.3 is 0 Å². The fourth-order valence-corrected chi connectivity index (χ4v) is 9.32. The van der Waals surface area contributed by atoms with E-state index in [4.69, 9.17) is 4.99 Å². The van der Waals surface area contributed by atoms with Gasteiger partial charge in [0, 0.05) is 29.2 Å². The summed E-state index contributed by atoms with van der Waals surface area (Å²) in [4.78, 5) is 5.07. The highest BCUT2D eigenvalue weighted by Gasteiger charge is 2.38. The monoisotopic (exact) mass is 577 g/mol. The Labute approximate surface area is 265 Å². The summed E-state index contributed by atoms with van der Waals surface area (Å²) in [5.74, 6) is 2.70. The Morgan fingerprint density at radius 1 is 0.795 bits per heavy atom. The van der Waals surface area contributed by atoms with E-state index in [0.717, 1.165) is 31.6 Å². The zero-order valence-electron chi connectivity index (χ0n) is 26.5. The second-order valence-corrected chi connectivity index (χ2v) is 14.0. The van der Waals surface area contributed by atoms with Gasteiger partial charge in [-0.25, -0.2) is 0 Å². The van der Waals surface area contributed by atoms with Gasteiger partial charge in [0.05, 0.1) is 0 Å². The Morgan fingerprint density at radius 2 is 1.70 bits per heavy atom. The minimum atomic E-state index is 0.416. The van der Waals surface area contributed by atoms with Gasteiger partial charge in [-0.15, -0.1) is 0 Å². The molecule has 0 amide bonds. The number of fused-ring (bicyclic) bond motifs is 1. The molecule has 1 heterocycles. The van der Waals surface area contributed by atoms with E-state index in [0.29, 0.717) is 23.7 Å². The van der Waals surface area contributed by atoms with Crippen LogP contribution in [0.3, 0.4) is 0 Å². The molecule has 1 aromatic rings. The Bertz CT molecular complexity index is 1620.